The molecule has 1 heteroatoms. The Bertz CT molecular complexity index is 439. The van der Waals surface area contributed by atoms with Crippen LogP contribution in [0.2, 0.25) is 0 Å². The Morgan fingerprint density at radius 1 is 1.24 bits per heavy atom. The molecule has 3 fully saturated rings. The first-order chi connectivity index (χ1) is 10.1. The van der Waals surface area contributed by atoms with Crippen molar-refractivity contribution in [1.29, 1.82) is 0 Å². The fraction of sp³-hybridized carbons (Fsp3) is 0.800. The molecule has 0 aliphatic heterocycles. The lowest BCUT2D eigenvalue weighted by Crippen LogP contribution is -2.47. The van der Waals surface area contributed by atoms with Crippen molar-refractivity contribution in [2.24, 2.45) is 29.1 Å². The summed E-state index contributed by atoms with van der Waals surface area (Å²) >= 11 is 0. The van der Waals surface area contributed by atoms with Crippen molar-refractivity contribution >= 4 is 0 Å². The molecule has 0 spiro atoms. The van der Waals surface area contributed by atoms with E-state index in [2.05, 4.69) is 26.3 Å². The number of allylic oxidation sites excluding steroid dienone is 1. The first-order valence-corrected chi connectivity index (χ1v) is 9.16. The largest absolute Gasteiger partial charge is 0.393 e. The smallest absolute Gasteiger partial charge is 0.0577 e. The van der Waals surface area contributed by atoms with Gasteiger partial charge in [-0.2, -0.15) is 0 Å². The van der Waals surface area contributed by atoms with Crippen LogP contribution >= 0.6 is 0 Å². The number of hydrogen-bond donors (Lipinski definition) is 1. The lowest BCUT2D eigenvalue weighted by Gasteiger charge is -2.55. The van der Waals surface area contributed by atoms with E-state index in [1.807, 2.05) is 5.92 Å². The average molecular weight is 286 g/mol. The highest BCUT2D eigenvalue weighted by Gasteiger charge is 2.53. The lowest BCUT2D eigenvalue weighted by atomic mass is 9.50. The second kappa shape index (κ2) is 5.11. The molecule has 0 aromatic heterocycles. The fourth-order valence-electron chi connectivity index (χ4n) is 6.42. The maximum absolute atomic E-state index is 10.0. The maximum atomic E-state index is 10.0. The number of hydrogen-bond acceptors (Lipinski definition) is 1. The molecule has 0 aromatic carbocycles. The van der Waals surface area contributed by atoms with Crippen LogP contribution in [0.5, 0.6) is 0 Å². The molecule has 3 saturated carbocycles. The zero-order chi connectivity index (χ0) is 14.6. The Balaban J connectivity index is 1.62. The van der Waals surface area contributed by atoms with Gasteiger partial charge in [0.15, 0.2) is 0 Å². The molecule has 4 rings (SSSR count). The summed E-state index contributed by atoms with van der Waals surface area (Å²) in [7, 11) is 0. The predicted octanol–water partition coefficient (Wildman–Crippen LogP) is 4.72. The fourth-order valence-corrected chi connectivity index (χ4v) is 6.42. The van der Waals surface area contributed by atoms with Gasteiger partial charge in [0, 0.05) is 0 Å². The molecule has 1 N–H and O–H groups in total. The van der Waals surface area contributed by atoms with Crippen LogP contribution in [0.15, 0.2) is 11.6 Å². The van der Waals surface area contributed by atoms with Gasteiger partial charge in [-0.15, -0.1) is 0 Å². The Kier molecular flexibility index (Phi) is 3.48. The predicted molar refractivity (Wildman–Crippen MR) is 86.3 cm³/mol. The quantitative estimate of drug-likeness (QED) is 0.692. The van der Waals surface area contributed by atoms with E-state index in [0.29, 0.717) is 5.41 Å². The van der Waals surface area contributed by atoms with E-state index in [0.717, 1.165) is 36.5 Å². The van der Waals surface area contributed by atoms with Gasteiger partial charge in [0.1, 0.15) is 0 Å². The highest BCUT2D eigenvalue weighted by molar-refractivity contribution is 5.27. The maximum Gasteiger partial charge on any atom is 0.0577 e. The molecule has 0 saturated heterocycles. The minimum absolute atomic E-state index is 0.0721. The third-order valence-corrected chi connectivity index (χ3v) is 7.56. The number of fused-ring (bicyclic) bond motifs is 5. The minimum atomic E-state index is -0.0721. The SMILES string of the molecule is C[CH][C@H]1CC[C@@H]2[C]1CC[C@H]1[C@H]2CC=C2C[C@@H](O)CC[C@@]21C. The van der Waals surface area contributed by atoms with Gasteiger partial charge in [0.25, 0.3) is 0 Å². The summed E-state index contributed by atoms with van der Waals surface area (Å²) in [4.78, 5) is 0. The topological polar surface area (TPSA) is 20.2 Å². The van der Waals surface area contributed by atoms with Crippen molar-refractivity contribution in [2.45, 2.75) is 71.3 Å². The molecule has 0 unspecified atom stereocenters. The van der Waals surface area contributed by atoms with Crippen LogP contribution < -0.4 is 0 Å². The van der Waals surface area contributed by atoms with Gasteiger partial charge in [-0.1, -0.05) is 25.5 Å². The second-order valence-electron chi connectivity index (χ2n) is 8.29. The van der Waals surface area contributed by atoms with Crippen molar-refractivity contribution in [3.8, 4) is 0 Å². The monoisotopic (exact) mass is 286 g/mol. The number of aliphatic hydroxyl groups is 1. The van der Waals surface area contributed by atoms with Crippen LogP contribution in [0, 0.1) is 41.4 Å². The van der Waals surface area contributed by atoms with Crippen LogP contribution in [-0.2, 0) is 0 Å². The van der Waals surface area contributed by atoms with Gasteiger partial charge in [-0.3, -0.25) is 0 Å². The Morgan fingerprint density at radius 3 is 2.90 bits per heavy atom. The van der Waals surface area contributed by atoms with Crippen molar-refractivity contribution < 1.29 is 5.11 Å². The normalized spacial score (nSPS) is 50.0. The van der Waals surface area contributed by atoms with Crippen molar-refractivity contribution in [2.75, 3.05) is 0 Å². The summed E-state index contributed by atoms with van der Waals surface area (Å²) in [6.07, 6.45) is 15.0. The minimum Gasteiger partial charge on any atom is -0.393 e. The van der Waals surface area contributed by atoms with Gasteiger partial charge in [0.05, 0.1) is 6.10 Å². The summed E-state index contributed by atoms with van der Waals surface area (Å²) in [5.41, 5.74) is 2.00. The third kappa shape index (κ3) is 2.06. The van der Waals surface area contributed by atoms with E-state index in [4.69, 9.17) is 0 Å². The van der Waals surface area contributed by atoms with E-state index in [1.54, 1.807) is 5.57 Å². The van der Waals surface area contributed by atoms with E-state index >= 15 is 0 Å². The standard InChI is InChI=1S/C20H30O/c1-3-13-4-6-17-16(13)8-9-19-18(17)7-5-14-12-15(21)10-11-20(14,19)2/h3,5,13,15,17-19,21H,4,6-12H2,1-2H3/t13-,15-,17+,18-,19-,20-/m0/s1. The van der Waals surface area contributed by atoms with Gasteiger partial charge in [-0.25, -0.2) is 0 Å². The first kappa shape index (κ1) is 14.3. The molecule has 4 aliphatic carbocycles. The Morgan fingerprint density at radius 2 is 2.10 bits per heavy atom. The van der Waals surface area contributed by atoms with Crippen LogP contribution in [0.1, 0.15) is 65.2 Å². The van der Waals surface area contributed by atoms with Crippen LogP contribution in [-0.4, -0.2) is 11.2 Å². The molecule has 4 aliphatic rings. The molecule has 2 radical (unpaired) electrons. The third-order valence-electron chi connectivity index (χ3n) is 7.56. The van der Waals surface area contributed by atoms with E-state index in [1.165, 1.54) is 38.5 Å². The van der Waals surface area contributed by atoms with Crippen LogP contribution in [0.4, 0.5) is 0 Å². The van der Waals surface area contributed by atoms with E-state index < -0.39 is 0 Å². The summed E-state index contributed by atoms with van der Waals surface area (Å²) < 4.78 is 0. The molecular weight excluding hydrogens is 256 g/mol. The zero-order valence-corrected chi connectivity index (χ0v) is 13.6. The summed E-state index contributed by atoms with van der Waals surface area (Å²) in [6, 6.07) is 0. The van der Waals surface area contributed by atoms with Crippen molar-refractivity contribution in [3.05, 3.63) is 24.0 Å². The molecule has 0 bridgehead atoms. The molecule has 6 atom stereocenters. The van der Waals surface area contributed by atoms with Gasteiger partial charge >= 0.3 is 0 Å². The average Bonchev–Trinajstić information content (AvgIpc) is 2.91. The van der Waals surface area contributed by atoms with Crippen molar-refractivity contribution in [1.82, 2.24) is 0 Å². The number of aliphatic hydroxyl groups excluding tert-OH is 1. The molecule has 21 heavy (non-hydrogen) atoms. The lowest BCUT2D eigenvalue weighted by molar-refractivity contribution is 0.0176. The summed E-state index contributed by atoms with van der Waals surface area (Å²) in [5.74, 6) is 5.42. The van der Waals surface area contributed by atoms with E-state index in [-0.39, 0.29) is 6.10 Å². The van der Waals surface area contributed by atoms with Gasteiger partial charge in [0.2, 0.25) is 0 Å². The zero-order valence-electron chi connectivity index (χ0n) is 13.6. The molecule has 0 amide bonds. The molecule has 0 aromatic rings. The second-order valence-corrected chi connectivity index (χ2v) is 8.29. The molecule has 0 heterocycles. The highest BCUT2D eigenvalue weighted by Crippen LogP contribution is 2.62. The van der Waals surface area contributed by atoms with Gasteiger partial charge in [-0.05, 0) is 92.8 Å². The number of rotatable bonds is 1. The van der Waals surface area contributed by atoms with Crippen molar-refractivity contribution in [3.63, 3.8) is 0 Å². The first-order valence-electron chi connectivity index (χ1n) is 9.16. The summed E-state index contributed by atoms with van der Waals surface area (Å²) in [5, 5.41) is 10.0. The molecule has 1 nitrogen and oxygen atoms in total. The Hall–Kier alpha value is -0.300. The Labute approximate surface area is 130 Å². The summed E-state index contributed by atoms with van der Waals surface area (Å²) in [6.45, 7) is 4.78. The highest BCUT2D eigenvalue weighted by atomic mass is 16.3. The molecular formula is C20H30O. The van der Waals surface area contributed by atoms with Gasteiger partial charge < -0.3 is 5.11 Å². The van der Waals surface area contributed by atoms with Crippen LogP contribution in [0.25, 0.3) is 0 Å². The van der Waals surface area contributed by atoms with Crippen LogP contribution in [0.3, 0.4) is 0 Å². The molecule has 116 valence electrons. The van der Waals surface area contributed by atoms with E-state index in [9.17, 15) is 5.11 Å².